The number of hydrogen-bond donors (Lipinski definition) is 1. The highest BCUT2D eigenvalue weighted by Gasteiger charge is 2.41. The molecule has 18 heavy (non-hydrogen) atoms. The van der Waals surface area contributed by atoms with Crippen molar-refractivity contribution in [3.8, 4) is 5.75 Å². The molecule has 0 amide bonds. The van der Waals surface area contributed by atoms with Crippen LogP contribution in [-0.2, 0) is 6.42 Å². The van der Waals surface area contributed by atoms with Crippen molar-refractivity contribution in [2.75, 3.05) is 20.7 Å². The Kier molecular flexibility index (Phi) is 4.18. The Morgan fingerprint density at radius 1 is 1.44 bits per heavy atom. The monoisotopic (exact) mass is 267 g/mol. The van der Waals surface area contributed by atoms with Crippen LogP contribution in [0.2, 0.25) is 5.02 Å². The minimum atomic E-state index is 0.298. The molecule has 3 heteroatoms. The van der Waals surface area contributed by atoms with Crippen LogP contribution in [0.3, 0.4) is 0 Å². The number of ether oxygens (including phenoxy) is 1. The average molecular weight is 268 g/mol. The van der Waals surface area contributed by atoms with Crippen LogP contribution in [0.1, 0.15) is 25.3 Å². The lowest BCUT2D eigenvalue weighted by molar-refractivity contribution is 0.259. The van der Waals surface area contributed by atoms with E-state index < -0.39 is 0 Å². The number of rotatable bonds is 6. The van der Waals surface area contributed by atoms with Crippen molar-refractivity contribution in [2.24, 2.45) is 11.3 Å². The molecule has 0 saturated heterocycles. The maximum atomic E-state index is 6.10. The zero-order valence-corrected chi connectivity index (χ0v) is 12.2. The number of hydrogen-bond acceptors (Lipinski definition) is 2. The van der Waals surface area contributed by atoms with E-state index in [1.54, 1.807) is 7.11 Å². The van der Waals surface area contributed by atoms with E-state index in [0.29, 0.717) is 5.41 Å². The zero-order valence-electron chi connectivity index (χ0n) is 11.4. The van der Waals surface area contributed by atoms with Gasteiger partial charge in [0.2, 0.25) is 0 Å². The maximum absolute atomic E-state index is 6.10. The first-order valence-electron chi connectivity index (χ1n) is 6.56. The smallest absolute Gasteiger partial charge is 0.122 e. The van der Waals surface area contributed by atoms with E-state index in [1.165, 1.54) is 18.4 Å². The van der Waals surface area contributed by atoms with Gasteiger partial charge in [-0.3, -0.25) is 0 Å². The van der Waals surface area contributed by atoms with Gasteiger partial charge >= 0.3 is 0 Å². The highest BCUT2D eigenvalue weighted by molar-refractivity contribution is 6.30. The third-order valence-corrected chi connectivity index (χ3v) is 4.22. The normalized spacial score (nSPS) is 18.4. The van der Waals surface area contributed by atoms with Crippen LogP contribution in [0.25, 0.3) is 0 Å². The second-order valence-corrected chi connectivity index (χ2v) is 6.03. The molecule has 0 bridgehead atoms. The highest BCUT2D eigenvalue weighted by Crippen LogP contribution is 2.48. The first-order chi connectivity index (χ1) is 8.59. The molecule has 1 aliphatic rings. The van der Waals surface area contributed by atoms with Gasteiger partial charge in [-0.05, 0) is 61.4 Å². The van der Waals surface area contributed by atoms with E-state index in [-0.39, 0.29) is 0 Å². The Bertz CT molecular complexity index is 417. The minimum Gasteiger partial charge on any atom is -0.496 e. The molecule has 2 nitrogen and oxygen atoms in total. The predicted octanol–water partition coefficient (Wildman–Crippen LogP) is 3.53. The van der Waals surface area contributed by atoms with Gasteiger partial charge in [0.25, 0.3) is 0 Å². The van der Waals surface area contributed by atoms with Crippen molar-refractivity contribution < 1.29 is 4.74 Å². The lowest BCUT2D eigenvalue weighted by Crippen LogP contribution is -2.34. The van der Waals surface area contributed by atoms with Gasteiger partial charge in [-0.15, -0.1) is 0 Å². The van der Waals surface area contributed by atoms with E-state index >= 15 is 0 Å². The van der Waals surface area contributed by atoms with Gasteiger partial charge in [0.15, 0.2) is 0 Å². The number of nitrogens with one attached hydrogen (secondary N) is 1. The molecule has 0 spiro atoms. The summed E-state index contributed by atoms with van der Waals surface area (Å²) in [6, 6.07) is 5.89. The van der Waals surface area contributed by atoms with E-state index in [9.17, 15) is 0 Å². The Morgan fingerprint density at radius 3 is 2.72 bits per heavy atom. The van der Waals surface area contributed by atoms with Crippen LogP contribution >= 0.6 is 11.6 Å². The van der Waals surface area contributed by atoms with Crippen molar-refractivity contribution >= 4 is 11.6 Å². The molecule has 1 N–H and O–H groups in total. The van der Waals surface area contributed by atoms with Crippen LogP contribution in [0.15, 0.2) is 18.2 Å². The Morgan fingerprint density at radius 2 is 2.17 bits per heavy atom. The van der Waals surface area contributed by atoms with Crippen molar-refractivity contribution in [3.05, 3.63) is 28.8 Å². The molecule has 0 radical (unpaired) electrons. The molecule has 1 unspecified atom stereocenters. The van der Waals surface area contributed by atoms with Crippen molar-refractivity contribution in [1.82, 2.24) is 5.32 Å². The largest absolute Gasteiger partial charge is 0.496 e. The molecule has 0 aromatic heterocycles. The van der Waals surface area contributed by atoms with Crippen molar-refractivity contribution in [2.45, 2.75) is 26.2 Å². The second kappa shape index (κ2) is 5.50. The number of methoxy groups -OCH3 is 1. The third-order valence-electron chi connectivity index (χ3n) is 3.98. The van der Waals surface area contributed by atoms with Crippen LogP contribution in [0.5, 0.6) is 5.75 Å². The number of halogens is 1. The van der Waals surface area contributed by atoms with Gasteiger partial charge in [-0.2, -0.15) is 0 Å². The van der Waals surface area contributed by atoms with E-state index in [0.717, 1.165) is 29.7 Å². The lowest BCUT2D eigenvalue weighted by atomic mass is 9.78. The van der Waals surface area contributed by atoms with Gasteiger partial charge in [0.05, 0.1) is 7.11 Å². The topological polar surface area (TPSA) is 21.3 Å². The van der Waals surface area contributed by atoms with Gasteiger partial charge in [-0.1, -0.05) is 18.5 Å². The summed E-state index contributed by atoms with van der Waals surface area (Å²) < 4.78 is 5.45. The summed E-state index contributed by atoms with van der Waals surface area (Å²) in [5.41, 5.74) is 1.52. The summed E-state index contributed by atoms with van der Waals surface area (Å²) in [6.45, 7) is 3.40. The van der Waals surface area contributed by atoms with Crippen LogP contribution in [0.4, 0.5) is 0 Å². The maximum Gasteiger partial charge on any atom is 0.122 e. The predicted molar refractivity (Wildman–Crippen MR) is 76.5 cm³/mol. The molecule has 1 aromatic carbocycles. The molecular formula is C15H22ClNO. The molecule has 1 aromatic rings. The van der Waals surface area contributed by atoms with Crippen LogP contribution < -0.4 is 10.1 Å². The summed E-state index contributed by atoms with van der Waals surface area (Å²) in [5, 5.41) is 4.11. The fraction of sp³-hybridized carbons (Fsp3) is 0.600. The molecule has 1 fully saturated rings. The first kappa shape index (κ1) is 13.7. The second-order valence-electron chi connectivity index (χ2n) is 5.59. The summed E-state index contributed by atoms with van der Waals surface area (Å²) in [7, 11) is 3.75. The Hall–Kier alpha value is -0.730. The summed E-state index contributed by atoms with van der Waals surface area (Å²) in [4.78, 5) is 0. The van der Waals surface area contributed by atoms with E-state index in [4.69, 9.17) is 16.3 Å². The first-order valence-corrected chi connectivity index (χ1v) is 6.94. The average Bonchev–Trinajstić information content (AvgIpc) is 3.13. The summed E-state index contributed by atoms with van der Waals surface area (Å²) in [5.74, 6) is 1.77. The standard InChI is InChI=1S/C15H22ClNO/c1-15(10-17-2,12-4-5-12)9-11-8-13(16)6-7-14(11)18-3/h6-8,12,17H,4-5,9-10H2,1-3H3. The van der Waals surface area contributed by atoms with Crippen molar-refractivity contribution in [3.63, 3.8) is 0 Å². The molecule has 1 atom stereocenters. The van der Waals surface area contributed by atoms with E-state index in [1.807, 2.05) is 25.2 Å². The summed E-state index contributed by atoms with van der Waals surface area (Å²) >= 11 is 6.10. The molecule has 1 saturated carbocycles. The van der Waals surface area contributed by atoms with Gasteiger partial charge in [0.1, 0.15) is 5.75 Å². The van der Waals surface area contributed by atoms with Gasteiger partial charge in [0, 0.05) is 11.6 Å². The zero-order chi connectivity index (χ0) is 13.2. The molecule has 100 valence electrons. The van der Waals surface area contributed by atoms with Crippen LogP contribution in [0, 0.1) is 11.3 Å². The van der Waals surface area contributed by atoms with Crippen LogP contribution in [-0.4, -0.2) is 20.7 Å². The third kappa shape index (κ3) is 2.99. The molecular weight excluding hydrogens is 246 g/mol. The summed E-state index contributed by atoms with van der Waals surface area (Å²) in [6.07, 6.45) is 3.71. The quantitative estimate of drug-likeness (QED) is 0.851. The van der Waals surface area contributed by atoms with Gasteiger partial charge in [-0.25, -0.2) is 0 Å². The lowest BCUT2D eigenvalue weighted by Gasteiger charge is -2.30. The van der Waals surface area contributed by atoms with Gasteiger partial charge < -0.3 is 10.1 Å². The van der Waals surface area contributed by atoms with E-state index in [2.05, 4.69) is 12.2 Å². The fourth-order valence-electron chi connectivity index (χ4n) is 2.86. The molecule has 1 aliphatic carbocycles. The molecule has 0 aliphatic heterocycles. The SMILES string of the molecule is CNCC(C)(Cc1cc(Cl)ccc1OC)C1CC1. The Labute approximate surface area is 115 Å². The van der Waals surface area contributed by atoms with Crippen molar-refractivity contribution in [1.29, 1.82) is 0 Å². The number of benzene rings is 1. The molecule has 2 rings (SSSR count). The molecule has 0 heterocycles. The fourth-order valence-corrected chi connectivity index (χ4v) is 3.05. The highest BCUT2D eigenvalue weighted by atomic mass is 35.5. The Balaban J connectivity index is 2.22. The minimum absolute atomic E-state index is 0.298.